The zero-order valence-electron chi connectivity index (χ0n) is 12.4. The molecule has 0 aliphatic rings. The van der Waals surface area contributed by atoms with Crippen molar-refractivity contribution in [1.29, 1.82) is 0 Å². The fraction of sp³-hybridized carbons (Fsp3) is 0.375. The summed E-state index contributed by atoms with van der Waals surface area (Å²) in [6.45, 7) is 4.63. The molecule has 1 atom stereocenters. The fourth-order valence-electron chi connectivity index (χ4n) is 2.21. The summed E-state index contributed by atoms with van der Waals surface area (Å²) in [6, 6.07) is 9.45. The predicted molar refractivity (Wildman–Crippen MR) is 86.3 cm³/mol. The third kappa shape index (κ3) is 4.65. The van der Waals surface area contributed by atoms with Crippen LogP contribution in [0, 0.1) is 13.8 Å². The maximum Gasteiger partial charge on any atom is 0.221 e. The third-order valence-electron chi connectivity index (χ3n) is 3.31. The summed E-state index contributed by atoms with van der Waals surface area (Å²) in [6.07, 6.45) is 1.13. The van der Waals surface area contributed by atoms with E-state index in [2.05, 4.69) is 10.3 Å². The molecule has 3 N–H and O–H groups in total. The van der Waals surface area contributed by atoms with E-state index in [9.17, 15) is 4.79 Å². The number of carbonyl (C=O) groups is 1. The average Bonchev–Trinajstić information content (AvgIpc) is 2.78. The Balaban J connectivity index is 1.76. The van der Waals surface area contributed by atoms with E-state index < -0.39 is 0 Å². The number of rotatable bonds is 6. The second-order valence-corrected chi connectivity index (χ2v) is 6.35. The van der Waals surface area contributed by atoms with Gasteiger partial charge in [0.05, 0.1) is 10.7 Å². The molecule has 0 spiro atoms. The molecular weight excluding hydrogens is 282 g/mol. The smallest absolute Gasteiger partial charge is 0.221 e. The second kappa shape index (κ2) is 7.33. The number of benzene rings is 1. The van der Waals surface area contributed by atoms with Crippen molar-refractivity contribution in [2.24, 2.45) is 5.73 Å². The molecule has 1 aromatic carbocycles. The third-order valence-corrected chi connectivity index (χ3v) is 4.44. The highest BCUT2D eigenvalue weighted by atomic mass is 32.1. The van der Waals surface area contributed by atoms with Gasteiger partial charge >= 0.3 is 0 Å². The van der Waals surface area contributed by atoms with Gasteiger partial charge in [-0.1, -0.05) is 30.3 Å². The predicted octanol–water partition coefficient (Wildman–Crippen LogP) is 2.51. The first kappa shape index (κ1) is 15.7. The van der Waals surface area contributed by atoms with Gasteiger partial charge in [-0.2, -0.15) is 0 Å². The average molecular weight is 303 g/mol. The first-order valence-electron chi connectivity index (χ1n) is 7.06. The molecule has 4 nitrogen and oxygen atoms in total. The minimum Gasteiger partial charge on any atom is -0.356 e. The highest BCUT2D eigenvalue weighted by Gasteiger charge is 2.11. The molecule has 0 aliphatic carbocycles. The van der Waals surface area contributed by atoms with Crippen LogP contribution in [-0.4, -0.2) is 17.4 Å². The van der Waals surface area contributed by atoms with Crippen LogP contribution in [0.25, 0.3) is 0 Å². The molecule has 112 valence electrons. The normalized spacial score (nSPS) is 12.1. The maximum atomic E-state index is 11.9. The second-order valence-electron chi connectivity index (χ2n) is 5.06. The number of nitrogens with two attached hydrogens (primary N) is 1. The van der Waals surface area contributed by atoms with Crippen LogP contribution in [0.4, 0.5) is 0 Å². The van der Waals surface area contributed by atoms with Gasteiger partial charge in [0.15, 0.2) is 0 Å². The van der Waals surface area contributed by atoms with Crippen LogP contribution in [0.15, 0.2) is 30.3 Å². The molecule has 5 heteroatoms. The van der Waals surface area contributed by atoms with E-state index in [0.717, 1.165) is 22.7 Å². The van der Waals surface area contributed by atoms with E-state index in [1.807, 2.05) is 44.2 Å². The monoisotopic (exact) mass is 303 g/mol. The van der Waals surface area contributed by atoms with Gasteiger partial charge in [-0.3, -0.25) is 4.79 Å². The van der Waals surface area contributed by atoms with Crippen molar-refractivity contribution in [1.82, 2.24) is 10.3 Å². The molecule has 1 amide bonds. The van der Waals surface area contributed by atoms with Crippen molar-refractivity contribution >= 4 is 17.2 Å². The number of thiazole rings is 1. The molecular formula is C16H21N3OS. The van der Waals surface area contributed by atoms with Crippen molar-refractivity contribution in [3.63, 3.8) is 0 Å². The van der Waals surface area contributed by atoms with Crippen LogP contribution in [0.5, 0.6) is 0 Å². The van der Waals surface area contributed by atoms with Gasteiger partial charge in [-0.05, 0) is 19.4 Å². The van der Waals surface area contributed by atoms with Gasteiger partial charge in [0, 0.05) is 30.3 Å². The van der Waals surface area contributed by atoms with Crippen molar-refractivity contribution in [3.8, 4) is 0 Å². The lowest BCUT2D eigenvalue weighted by molar-refractivity contribution is -0.121. The minimum absolute atomic E-state index is 0.00903. The van der Waals surface area contributed by atoms with E-state index in [4.69, 9.17) is 5.73 Å². The Hall–Kier alpha value is -1.72. The maximum absolute atomic E-state index is 11.9. The van der Waals surface area contributed by atoms with Crippen LogP contribution < -0.4 is 11.1 Å². The molecule has 1 unspecified atom stereocenters. The Bertz CT molecular complexity index is 595. The molecule has 0 fully saturated rings. The molecule has 0 saturated heterocycles. The highest BCUT2D eigenvalue weighted by Crippen LogP contribution is 2.17. The van der Waals surface area contributed by atoms with Crippen LogP contribution in [0.1, 0.15) is 33.6 Å². The number of aromatic nitrogens is 1. The number of hydrogen-bond donors (Lipinski definition) is 2. The number of hydrogen-bond acceptors (Lipinski definition) is 4. The molecule has 0 aliphatic heterocycles. The fourth-order valence-corrected chi connectivity index (χ4v) is 3.15. The number of nitrogens with one attached hydrogen (secondary N) is 1. The van der Waals surface area contributed by atoms with Gasteiger partial charge < -0.3 is 11.1 Å². The molecule has 0 saturated carbocycles. The van der Waals surface area contributed by atoms with E-state index in [1.54, 1.807) is 11.3 Å². The van der Waals surface area contributed by atoms with Crippen molar-refractivity contribution in [2.45, 2.75) is 32.7 Å². The lowest BCUT2D eigenvalue weighted by Gasteiger charge is -2.12. The van der Waals surface area contributed by atoms with E-state index in [0.29, 0.717) is 13.0 Å². The Labute approximate surface area is 129 Å². The minimum atomic E-state index is -0.251. The van der Waals surface area contributed by atoms with Gasteiger partial charge in [-0.25, -0.2) is 4.98 Å². The molecule has 21 heavy (non-hydrogen) atoms. The van der Waals surface area contributed by atoms with Crippen LogP contribution in [0.3, 0.4) is 0 Å². The summed E-state index contributed by atoms with van der Waals surface area (Å²) in [7, 11) is 0. The SMILES string of the molecule is Cc1nc(C)c(CCNC(=O)CC(N)c2ccccc2)s1. The van der Waals surface area contributed by atoms with E-state index in [-0.39, 0.29) is 11.9 Å². The Kier molecular flexibility index (Phi) is 5.47. The topological polar surface area (TPSA) is 68.0 Å². The zero-order valence-corrected chi connectivity index (χ0v) is 13.2. The van der Waals surface area contributed by atoms with Gasteiger partial charge in [0.1, 0.15) is 0 Å². The van der Waals surface area contributed by atoms with E-state index >= 15 is 0 Å². The quantitative estimate of drug-likeness (QED) is 0.861. The van der Waals surface area contributed by atoms with Crippen LogP contribution >= 0.6 is 11.3 Å². The molecule has 0 bridgehead atoms. The lowest BCUT2D eigenvalue weighted by Crippen LogP contribution is -2.29. The Morgan fingerprint density at radius 1 is 1.33 bits per heavy atom. The summed E-state index contributed by atoms with van der Waals surface area (Å²) in [5.41, 5.74) is 8.09. The first-order chi connectivity index (χ1) is 10.1. The van der Waals surface area contributed by atoms with Gasteiger partial charge in [0.2, 0.25) is 5.91 Å². The number of aryl methyl sites for hydroxylation is 2. The van der Waals surface area contributed by atoms with Crippen molar-refractivity contribution in [3.05, 3.63) is 51.5 Å². The highest BCUT2D eigenvalue weighted by molar-refractivity contribution is 7.11. The first-order valence-corrected chi connectivity index (χ1v) is 7.88. The summed E-state index contributed by atoms with van der Waals surface area (Å²) in [5, 5.41) is 4.00. The summed E-state index contributed by atoms with van der Waals surface area (Å²) in [5.74, 6) is -0.00903. The largest absolute Gasteiger partial charge is 0.356 e. The molecule has 2 aromatic rings. The van der Waals surface area contributed by atoms with Crippen molar-refractivity contribution < 1.29 is 4.79 Å². The van der Waals surface area contributed by atoms with Crippen LogP contribution in [-0.2, 0) is 11.2 Å². The molecule has 1 heterocycles. The standard InChI is InChI=1S/C16H21N3OS/c1-11-15(21-12(2)19-11)8-9-18-16(20)10-14(17)13-6-4-3-5-7-13/h3-7,14H,8-10,17H2,1-2H3,(H,18,20). The molecule has 2 rings (SSSR count). The van der Waals surface area contributed by atoms with Crippen LogP contribution in [0.2, 0.25) is 0 Å². The number of amides is 1. The van der Waals surface area contributed by atoms with E-state index in [1.165, 1.54) is 4.88 Å². The van der Waals surface area contributed by atoms with Gasteiger partial charge in [0.25, 0.3) is 0 Å². The number of nitrogens with zero attached hydrogens (tertiary/aromatic N) is 1. The summed E-state index contributed by atoms with van der Waals surface area (Å²) < 4.78 is 0. The molecule has 1 aromatic heterocycles. The van der Waals surface area contributed by atoms with Crippen molar-refractivity contribution in [2.75, 3.05) is 6.54 Å². The summed E-state index contributed by atoms with van der Waals surface area (Å²) in [4.78, 5) is 17.5. The zero-order chi connectivity index (χ0) is 15.2. The summed E-state index contributed by atoms with van der Waals surface area (Å²) >= 11 is 1.69. The number of carbonyl (C=O) groups excluding carboxylic acids is 1. The lowest BCUT2D eigenvalue weighted by atomic mass is 10.0. The Morgan fingerprint density at radius 2 is 2.05 bits per heavy atom. The Morgan fingerprint density at radius 3 is 2.67 bits per heavy atom. The molecule has 0 radical (unpaired) electrons. The van der Waals surface area contributed by atoms with Gasteiger partial charge in [-0.15, -0.1) is 11.3 Å².